The molecule has 10 heteroatoms. The Morgan fingerprint density at radius 1 is 0.829 bits per heavy atom. The molecule has 3 rings (SSSR count). The molecule has 3 N–H and O–H groups in total. The van der Waals surface area contributed by atoms with Crippen LogP contribution in [0.25, 0.3) is 0 Å². The zero-order chi connectivity index (χ0) is 25.3. The number of urea groups is 1. The molecular formula is C25H25N3O6S. The molecule has 0 aliphatic carbocycles. The van der Waals surface area contributed by atoms with Crippen LogP contribution in [0.3, 0.4) is 0 Å². The average Bonchev–Trinajstić information content (AvgIpc) is 2.87. The SMILES string of the molecule is CC(OC(=O)c1cccc(S(=O)(=O)NCc2ccccc2)c1)C(=O)NC(=O)NCc1ccccc1. The Hall–Kier alpha value is -4.02. The molecule has 0 spiro atoms. The Morgan fingerprint density at radius 2 is 1.43 bits per heavy atom. The highest BCUT2D eigenvalue weighted by atomic mass is 32.2. The number of benzene rings is 3. The summed E-state index contributed by atoms with van der Waals surface area (Å²) in [6.07, 6.45) is -1.29. The van der Waals surface area contributed by atoms with E-state index in [4.69, 9.17) is 4.74 Å². The van der Waals surface area contributed by atoms with Crippen LogP contribution >= 0.6 is 0 Å². The Bertz CT molecular complexity index is 1280. The molecule has 3 aromatic rings. The van der Waals surface area contributed by atoms with Gasteiger partial charge in [-0.1, -0.05) is 66.7 Å². The summed E-state index contributed by atoms with van der Waals surface area (Å²) in [5.74, 6) is -1.73. The number of carbonyl (C=O) groups is 3. The summed E-state index contributed by atoms with van der Waals surface area (Å²) >= 11 is 0. The fourth-order valence-corrected chi connectivity index (χ4v) is 4.03. The molecule has 1 unspecified atom stereocenters. The van der Waals surface area contributed by atoms with E-state index in [1.807, 2.05) is 36.4 Å². The van der Waals surface area contributed by atoms with Crippen LogP contribution in [0.1, 0.15) is 28.4 Å². The van der Waals surface area contributed by atoms with Crippen LogP contribution in [-0.4, -0.2) is 32.4 Å². The number of ether oxygens (including phenoxy) is 1. The molecule has 182 valence electrons. The van der Waals surface area contributed by atoms with E-state index < -0.39 is 34.0 Å². The summed E-state index contributed by atoms with van der Waals surface area (Å²) in [7, 11) is -3.89. The third-order valence-electron chi connectivity index (χ3n) is 4.87. The van der Waals surface area contributed by atoms with E-state index in [1.165, 1.54) is 25.1 Å². The van der Waals surface area contributed by atoms with Crippen molar-refractivity contribution in [2.24, 2.45) is 0 Å². The number of sulfonamides is 1. The van der Waals surface area contributed by atoms with Gasteiger partial charge < -0.3 is 10.1 Å². The third kappa shape index (κ3) is 7.76. The average molecular weight is 496 g/mol. The summed E-state index contributed by atoms with van der Waals surface area (Å²) in [6.45, 7) is 1.61. The number of hydrogen-bond acceptors (Lipinski definition) is 6. The monoisotopic (exact) mass is 495 g/mol. The van der Waals surface area contributed by atoms with Crippen molar-refractivity contribution in [2.45, 2.75) is 31.0 Å². The third-order valence-corrected chi connectivity index (χ3v) is 6.27. The van der Waals surface area contributed by atoms with Gasteiger partial charge in [-0.05, 0) is 36.2 Å². The molecule has 35 heavy (non-hydrogen) atoms. The Kier molecular flexibility index (Phi) is 8.71. The smallest absolute Gasteiger partial charge is 0.338 e. The summed E-state index contributed by atoms with van der Waals surface area (Å²) in [4.78, 5) is 36.5. The van der Waals surface area contributed by atoms with Gasteiger partial charge in [0, 0.05) is 13.1 Å². The molecule has 0 saturated carbocycles. The van der Waals surface area contributed by atoms with Gasteiger partial charge in [0.2, 0.25) is 10.0 Å². The van der Waals surface area contributed by atoms with Crippen LogP contribution in [-0.2, 0) is 32.6 Å². The Labute approximate surface area is 203 Å². The first-order chi connectivity index (χ1) is 16.7. The van der Waals surface area contributed by atoms with Gasteiger partial charge in [0.05, 0.1) is 10.5 Å². The van der Waals surface area contributed by atoms with Gasteiger partial charge in [-0.15, -0.1) is 0 Å². The first-order valence-corrected chi connectivity index (χ1v) is 12.2. The predicted octanol–water partition coefficient (Wildman–Crippen LogP) is 2.74. The molecule has 0 bridgehead atoms. The summed E-state index contributed by atoms with van der Waals surface area (Å²) < 4.78 is 32.8. The van der Waals surface area contributed by atoms with Crippen molar-refractivity contribution >= 4 is 27.9 Å². The van der Waals surface area contributed by atoms with Crippen molar-refractivity contribution in [1.82, 2.24) is 15.4 Å². The largest absolute Gasteiger partial charge is 0.449 e. The van der Waals surface area contributed by atoms with Crippen LogP contribution in [0.5, 0.6) is 0 Å². The first-order valence-electron chi connectivity index (χ1n) is 10.7. The number of nitrogens with one attached hydrogen (secondary N) is 3. The molecule has 0 aromatic heterocycles. The first kappa shape index (κ1) is 25.6. The molecule has 3 amide bonds. The zero-order valence-electron chi connectivity index (χ0n) is 18.9. The van der Waals surface area contributed by atoms with Crippen molar-refractivity contribution in [3.8, 4) is 0 Å². The molecule has 0 fully saturated rings. The molecule has 0 heterocycles. The van der Waals surface area contributed by atoms with E-state index in [9.17, 15) is 22.8 Å². The predicted molar refractivity (Wildman–Crippen MR) is 129 cm³/mol. The van der Waals surface area contributed by atoms with Gasteiger partial charge in [0.25, 0.3) is 5.91 Å². The highest BCUT2D eigenvalue weighted by Crippen LogP contribution is 2.14. The van der Waals surface area contributed by atoms with Crippen LogP contribution < -0.4 is 15.4 Å². The molecule has 0 aliphatic heterocycles. The maximum Gasteiger partial charge on any atom is 0.338 e. The van der Waals surface area contributed by atoms with E-state index in [0.717, 1.165) is 17.2 Å². The van der Waals surface area contributed by atoms with E-state index in [-0.39, 0.29) is 23.5 Å². The molecule has 0 aliphatic rings. The number of imide groups is 1. The number of esters is 1. The van der Waals surface area contributed by atoms with Crippen molar-refractivity contribution in [2.75, 3.05) is 0 Å². The normalized spacial score (nSPS) is 11.8. The maximum atomic E-state index is 12.6. The van der Waals surface area contributed by atoms with Gasteiger partial charge in [-0.3, -0.25) is 10.1 Å². The lowest BCUT2D eigenvalue weighted by Gasteiger charge is -2.14. The van der Waals surface area contributed by atoms with Crippen LogP contribution in [0.2, 0.25) is 0 Å². The number of carbonyl (C=O) groups excluding carboxylic acids is 3. The van der Waals surface area contributed by atoms with E-state index in [2.05, 4.69) is 15.4 Å². The molecule has 9 nitrogen and oxygen atoms in total. The van der Waals surface area contributed by atoms with Gasteiger partial charge in [-0.2, -0.15) is 0 Å². The van der Waals surface area contributed by atoms with Crippen LogP contribution in [0, 0.1) is 0 Å². The summed E-state index contributed by atoms with van der Waals surface area (Å²) in [6, 6.07) is 22.6. The zero-order valence-corrected chi connectivity index (χ0v) is 19.7. The van der Waals surface area contributed by atoms with Crippen molar-refractivity contribution in [3.63, 3.8) is 0 Å². The second-order valence-electron chi connectivity index (χ2n) is 7.54. The molecule has 3 aromatic carbocycles. The molecular weight excluding hydrogens is 470 g/mol. The number of hydrogen-bond donors (Lipinski definition) is 3. The second kappa shape index (κ2) is 11.9. The second-order valence-corrected chi connectivity index (χ2v) is 9.31. The fourth-order valence-electron chi connectivity index (χ4n) is 2.97. The summed E-state index contributed by atoms with van der Waals surface area (Å²) in [5.41, 5.74) is 1.57. The minimum absolute atomic E-state index is 0.0548. The standard InChI is InChI=1S/C25H25N3O6S/c1-18(23(29)28-25(31)26-16-19-9-4-2-5-10-19)34-24(30)21-13-8-14-22(15-21)35(32,33)27-17-20-11-6-3-7-12-20/h2-15,18,27H,16-17H2,1H3,(H2,26,28,29,31). The van der Waals surface area contributed by atoms with Crippen molar-refractivity contribution < 1.29 is 27.5 Å². The van der Waals surface area contributed by atoms with E-state index in [0.29, 0.717) is 0 Å². The van der Waals surface area contributed by atoms with Crippen molar-refractivity contribution in [3.05, 3.63) is 102 Å². The van der Waals surface area contributed by atoms with Crippen LogP contribution in [0.4, 0.5) is 4.79 Å². The van der Waals surface area contributed by atoms with Crippen molar-refractivity contribution in [1.29, 1.82) is 0 Å². The maximum absolute atomic E-state index is 12.6. The summed E-state index contributed by atoms with van der Waals surface area (Å²) in [5, 5.41) is 4.64. The fraction of sp³-hybridized carbons (Fsp3) is 0.160. The molecule has 0 radical (unpaired) electrons. The number of amides is 3. The lowest BCUT2D eigenvalue weighted by atomic mass is 10.2. The lowest BCUT2D eigenvalue weighted by molar-refractivity contribution is -0.127. The molecule has 1 atom stereocenters. The highest BCUT2D eigenvalue weighted by molar-refractivity contribution is 7.89. The van der Waals surface area contributed by atoms with Gasteiger partial charge in [0.15, 0.2) is 6.10 Å². The van der Waals surface area contributed by atoms with E-state index >= 15 is 0 Å². The topological polar surface area (TPSA) is 131 Å². The Balaban J connectivity index is 1.54. The van der Waals surface area contributed by atoms with Gasteiger partial charge >= 0.3 is 12.0 Å². The molecule has 0 saturated heterocycles. The Morgan fingerprint density at radius 3 is 2.06 bits per heavy atom. The van der Waals surface area contributed by atoms with Gasteiger partial charge in [-0.25, -0.2) is 22.7 Å². The van der Waals surface area contributed by atoms with E-state index in [1.54, 1.807) is 24.3 Å². The lowest BCUT2D eigenvalue weighted by Crippen LogP contribution is -2.44. The number of rotatable bonds is 9. The highest BCUT2D eigenvalue weighted by Gasteiger charge is 2.22. The minimum Gasteiger partial charge on any atom is -0.449 e. The minimum atomic E-state index is -3.89. The quantitative estimate of drug-likeness (QED) is 0.391. The van der Waals surface area contributed by atoms with Gasteiger partial charge in [0.1, 0.15) is 0 Å². The van der Waals surface area contributed by atoms with Crippen LogP contribution in [0.15, 0.2) is 89.8 Å².